The van der Waals surface area contributed by atoms with Crippen molar-refractivity contribution >= 4 is 23.2 Å². The molecule has 1 unspecified atom stereocenters. The average Bonchev–Trinajstić information content (AvgIpc) is 2.26. The minimum absolute atomic E-state index is 0.216. The number of nitro groups is 1. The molecule has 5 nitrogen and oxygen atoms in total. The molecule has 1 aromatic rings. The number of hydrogen-bond acceptors (Lipinski definition) is 3. The molecule has 0 bridgehead atoms. The number of halogens is 2. The fourth-order valence-electron chi connectivity index (χ4n) is 1.50. The lowest BCUT2D eigenvalue weighted by molar-refractivity contribution is -0.385. The van der Waals surface area contributed by atoms with Gasteiger partial charge >= 0.3 is 0 Å². The standard InChI is InChI=1S/C11H12ClFN2O3/c1-7(12)6-14(2)11(16)9-5-8(13)3-4-10(9)15(17)18/h3-5,7H,6H2,1-2H3. The predicted octanol–water partition coefficient (Wildman–Crippen LogP) is 2.43. The molecule has 7 heteroatoms. The number of amides is 1. The third-order valence-electron chi connectivity index (χ3n) is 2.26. The number of hydrogen-bond donors (Lipinski definition) is 0. The fraction of sp³-hybridized carbons (Fsp3) is 0.364. The van der Waals surface area contributed by atoms with Gasteiger partial charge in [-0.25, -0.2) is 4.39 Å². The van der Waals surface area contributed by atoms with Crippen LogP contribution < -0.4 is 0 Å². The number of nitro benzene ring substituents is 1. The summed E-state index contributed by atoms with van der Waals surface area (Å²) in [5.41, 5.74) is -0.699. The molecule has 1 rings (SSSR count). The van der Waals surface area contributed by atoms with Gasteiger partial charge in [0.1, 0.15) is 11.4 Å². The van der Waals surface area contributed by atoms with Gasteiger partial charge in [0.25, 0.3) is 11.6 Å². The van der Waals surface area contributed by atoms with E-state index in [-0.39, 0.29) is 17.5 Å². The van der Waals surface area contributed by atoms with Crippen molar-refractivity contribution in [3.05, 3.63) is 39.7 Å². The third kappa shape index (κ3) is 3.40. The molecular weight excluding hydrogens is 263 g/mol. The van der Waals surface area contributed by atoms with Crippen LogP contribution in [0.2, 0.25) is 0 Å². The summed E-state index contributed by atoms with van der Waals surface area (Å²) >= 11 is 5.74. The number of alkyl halides is 1. The van der Waals surface area contributed by atoms with Crippen LogP contribution in [0.4, 0.5) is 10.1 Å². The molecule has 1 aromatic carbocycles. The molecule has 0 saturated heterocycles. The van der Waals surface area contributed by atoms with Crippen LogP contribution >= 0.6 is 11.6 Å². The maximum absolute atomic E-state index is 13.1. The SMILES string of the molecule is CC(Cl)CN(C)C(=O)c1cc(F)ccc1[N+](=O)[O-]. The van der Waals surface area contributed by atoms with Crippen molar-refractivity contribution in [3.63, 3.8) is 0 Å². The highest BCUT2D eigenvalue weighted by atomic mass is 35.5. The van der Waals surface area contributed by atoms with Gasteiger partial charge in [0, 0.05) is 25.0 Å². The van der Waals surface area contributed by atoms with E-state index < -0.39 is 22.3 Å². The number of carbonyl (C=O) groups is 1. The van der Waals surface area contributed by atoms with Gasteiger partial charge in [-0.1, -0.05) is 0 Å². The highest BCUT2D eigenvalue weighted by molar-refractivity contribution is 6.20. The van der Waals surface area contributed by atoms with Gasteiger partial charge in [-0.3, -0.25) is 14.9 Å². The molecule has 0 aliphatic heterocycles. The zero-order valence-corrected chi connectivity index (χ0v) is 10.6. The fourth-order valence-corrected chi connectivity index (χ4v) is 1.71. The number of carbonyl (C=O) groups excluding carboxylic acids is 1. The molecule has 18 heavy (non-hydrogen) atoms. The number of benzene rings is 1. The zero-order chi connectivity index (χ0) is 13.9. The monoisotopic (exact) mass is 274 g/mol. The first kappa shape index (κ1) is 14.4. The van der Waals surface area contributed by atoms with Crippen molar-refractivity contribution in [1.82, 2.24) is 4.90 Å². The Morgan fingerprint density at radius 2 is 2.22 bits per heavy atom. The van der Waals surface area contributed by atoms with E-state index in [1.165, 1.54) is 11.9 Å². The molecule has 0 radical (unpaired) electrons. The first-order valence-electron chi connectivity index (χ1n) is 5.16. The summed E-state index contributed by atoms with van der Waals surface area (Å²) in [5.74, 6) is -1.33. The van der Waals surface area contributed by atoms with Gasteiger partial charge in [-0.15, -0.1) is 11.6 Å². The molecule has 98 valence electrons. The summed E-state index contributed by atoms with van der Waals surface area (Å²) in [6.07, 6.45) is 0. The Kier molecular flexibility index (Phi) is 4.61. The second kappa shape index (κ2) is 5.77. The van der Waals surface area contributed by atoms with Gasteiger partial charge < -0.3 is 4.90 Å². The Balaban J connectivity index is 3.11. The van der Waals surface area contributed by atoms with Crippen molar-refractivity contribution in [3.8, 4) is 0 Å². The van der Waals surface area contributed by atoms with Crippen LogP contribution in [0.1, 0.15) is 17.3 Å². The van der Waals surface area contributed by atoms with E-state index in [1.807, 2.05) is 0 Å². The molecule has 0 N–H and O–H groups in total. The lowest BCUT2D eigenvalue weighted by Crippen LogP contribution is -2.31. The average molecular weight is 275 g/mol. The Morgan fingerprint density at radius 3 is 2.72 bits per heavy atom. The third-order valence-corrected chi connectivity index (χ3v) is 2.40. The molecule has 1 amide bonds. The van der Waals surface area contributed by atoms with Crippen LogP contribution in [0.15, 0.2) is 18.2 Å². The number of nitrogens with zero attached hydrogens (tertiary/aromatic N) is 2. The largest absolute Gasteiger partial charge is 0.340 e. The molecule has 1 atom stereocenters. The minimum Gasteiger partial charge on any atom is -0.340 e. The normalized spacial score (nSPS) is 12.0. The number of rotatable bonds is 4. The van der Waals surface area contributed by atoms with Gasteiger partial charge in [0.05, 0.1) is 4.92 Å². The smallest absolute Gasteiger partial charge is 0.282 e. The van der Waals surface area contributed by atoms with Crippen LogP contribution in [0, 0.1) is 15.9 Å². The van der Waals surface area contributed by atoms with Crippen LogP contribution in [0.5, 0.6) is 0 Å². The summed E-state index contributed by atoms with van der Waals surface area (Å²) in [6, 6.07) is 2.77. The summed E-state index contributed by atoms with van der Waals surface area (Å²) in [4.78, 5) is 23.2. The van der Waals surface area contributed by atoms with Gasteiger partial charge in [-0.05, 0) is 19.1 Å². The van der Waals surface area contributed by atoms with Gasteiger partial charge in [0.2, 0.25) is 0 Å². The lowest BCUT2D eigenvalue weighted by atomic mass is 10.1. The topological polar surface area (TPSA) is 63.5 Å². The van der Waals surface area contributed by atoms with Crippen LogP contribution in [0.3, 0.4) is 0 Å². The quantitative estimate of drug-likeness (QED) is 0.481. The summed E-state index contributed by atoms with van der Waals surface area (Å²) < 4.78 is 13.1. The summed E-state index contributed by atoms with van der Waals surface area (Å²) in [7, 11) is 1.45. The Morgan fingerprint density at radius 1 is 1.61 bits per heavy atom. The van der Waals surface area contributed by atoms with Crippen LogP contribution in [-0.4, -0.2) is 34.7 Å². The van der Waals surface area contributed by atoms with E-state index >= 15 is 0 Å². The zero-order valence-electron chi connectivity index (χ0n) is 9.89. The summed E-state index contributed by atoms with van der Waals surface area (Å²) in [5, 5.41) is 10.5. The second-order valence-electron chi connectivity index (χ2n) is 3.89. The first-order valence-corrected chi connectivity index (χ1v) is 5.60. The van der Waals surface area contributed by atoms with Crippen molar-refractivity contribution in [2.45, 2.75) is 12.3 Å². The molecule has 0 spiro atoms. The first-order chi connectivity index (χ1) is 8.32. The maximum Gasteiger partial charge on any atom is 0.282 e. The minimum atomic E-state index is -0.718. The van der Waals surface area contributed by atoms with Crippen molar-refractivity contribution in [2.24, 2.45) is 0 Å². The molecule has 0 heterocycles. The second-order valence-corrected chi connectivity index (χ2v) is 4.63. The van der Waals surface area contributed by atoms with E-state index in [1.54, 1.807) is 6.92 Å². The van der Waals surface area contributed by atoms with Gasteiger partial charge in [0.15, 0.2) is 0 Å². The van der Waals surface area contributed by atoms with E-state index in [2.05, 4.69) is 0 Å². The van der Waals surface area contributed by atoms with Crippen LogP contribution in [-0.2, 0) is 0 Å². The van der Waals surface area contributed by atoms with Crippen molar-refractivity contribution < 1.29 is 14.1 Å². The molecule has 0 aromatic heterocycles. The molecule has 0 aliphatic rings. The van der Waals surface area contributed by atoms with E-state index in [9.17, 15) is 19.3 Å². The molecular formula is C11H12ClFN2O3. The molecule has 0 fully saturated rings. The van der Waals surface area contributed by atoms with Gasteiger partial charge in [-0.2, -0.15) is 0 Å². The Labute approximate surface area is 108 Å². The molecule has 0 aliphatic carbocycles. The van der Waals surface area contributed by atoms with E-state index in [0.29, 0.717) is 0 Å². The van der Waals surface area contributed by atoms with Crippen LogP contribution in [0.25, 0.3) is 0 Å². The predicted molar refractivity (Wildman–Crippen MR) is 65.3 cm³/mol. The van der Waals surface area contributed by atoms with Crippen molar-refractivity contribution in [2.75, 3.05) is 13.6 Å². The Hall–Kier alpha value is -1.69. The maximum atomic E-state index is 13.1. The lowest BCUT2D eigenvalue weighted by Gasteiger charge is -2.18. The molecule has 0 saturated carbocycles. The summed E-state index contributed by atoms with van der Waals surface area (Å²) in [6.45, 7) is 1.90. The highest BCUT2D eigenvalue weighted by Crippen LogP contribution is 2.21. The van der Waals surface area contributed by atoms with E-state index in [0.717, 1.165) is 18.2 Å². The Bertz CT molecular complexity index is 479. The highest BCUT2D eigenvalue weighted by Gasteiger charge is 2.24. The van der Waals surface area contributed by atoms with Crippen molar-refractivity contribution in [1.29, 1.82) is 0 Å². The van der Waals surface area contributed by atoms with E-state index in [4.69, 9.17) is 11.6 Å².